The number of morpholine rings is 1. The number of anilines is 1. The van der Waals surface area contributed by atoms with Crippen molar-refractivity contribution < 1.29 is 9.53 Å². The van der Waals surface area contributed by atoms with E-state index in [0.717, 1.165) is 58.8 Å². The number of amides is 1. The molecule has 3 aromatic rings. The molecule has 1 N–H and O–H groups in total. The van der Waals surface area contributed by atoms with E-state index in [2.05, 4.69) is 28.9 Å². The molecule has 7 heteroatoms. The van der Waals surface area contributed by atoms with Crippen molar-refractivity contribution >= 4 is 22.6 Å². The molecule has 2 fully saturated rings. The Morgan fingerprint density at radius 1 is 1.20 bits per heavy atom. The number of nitrogens with one attached hydrogen (secondary N) is 1. The Bertz CT molecular complexity index is 1140. The van der Waals surface area contributed by atoms with Gasteiger partial charge in [-0.2, -0.15) is 0 Å². The number of aromatic amines is 1. The van der Waals surface area contributed by atoms with Gasteiger partial charge in [0.2, 0.25) is 5.91 Å². The van der Waals surface area contributed by atoms with Gasteiger partial charge in [-0.15, -0.1) is 0 Å². The number of aromatic nitrogens is 3. The van der Waals surface area contributed by atoms with Gasteiger partial charge in [0.1, 0.15) is 5.82 Å². The second-order valence-electron chi connectivity index (χ2n) is 8.63. The van der Waals surface area contributed by atoms with Crippen molar-refractivity contribution in [3.63, 3.8) is 0 Å². The van der Waals surface area contributed by atoms with E-state index >= 15 is 0 Å². The fraction of sp³-hybridized carbons (Fsp3) is 0.435. The summed E-state index contributed by atoms with van der Waals surface area (Å²) in [4.78, 5) is 30.4. The van der Waals surface area contributed by atoms with Crippen molar-refractivity contribution in [3.8, 4) is 11.4 Å². The molecule has 0 bridgehead atoms. The van der Waals surface area contributed by atoms with Gasteiger partial charge in [0, 0.05) is 40.7 Å². The average molecular weight is 403 g/mol. The zero-order chi connectivity index (χ0) is 20.2. The summed E-state index contributed by atoms with van der Waals surface area (Å²) in [5, 5.41) is 1.11. The summed E-state index contributed by atoms with van der Waals surface area (Å²) in [6, 6.07) is 8.45. The molecule has 0 spiro atoms. The molecule has 0 radical (unpaired) electrons. The minimum Gasteiger partial charge on any atom is -0.377 e. The number of benzene rings is 1. The van der Waals surface area contributed by atoms with E-state index in [4.69, 9.17) is 14.7 Å². The summed E-state index contributed by atoms with van der Waals surface area (Å²) in [7, 11) is 0. The standard InChI is InChI=1S/C23H25N5O2/c1-14-13-30-9-8-28(14)22-18-11-27(23(29)15-6-7-15)12-20(18)25-21(26-22)17-10-24-19-5-3-2-4-16(17)19/h2-5,10,14-15,24H,6-9,11-13H2,1H3/t14-/m1/s1. The molecule has 7 nitrogen and oxygen atoms in total. The highest BCUT2D eigenvalue weighted by molar-refractivity contribution is 5.94. The number of hydrogen-bond donors (Lipinski definition) is 1. The van der Waals surface area contributed by atoms with Gasteiger partial charge in [-0.25, -0.2) is 9.97 Å². The number of rotatable bonds is 3. The maximum Gasteiger partial charge on any atom is 0.226 e. The smallest absolute Gasteiger partial charge is 0.226 e. The fourth-order valence-corrected chi connectivity index (χ4v) is 4.64. The summed E-state index contributed by atoms with van der Waals surface area (Å²) >= 11 is 0. The molecule has 2 aromatic heterocycles. The Hall–Kier alpha value is -2.93. The molecule has 154 valence electrons. The van der Waals surface area contributed by atoms with Gasteiger partial charge in [0.25, 0.3) is 0 Å². The maximum absolute atomic E-state index is 12.8. The topological polar surface area (TPSA) is 74.3 Å². The normalized spacial score (nSPS) is 21.3. The van der Waals surface area contributed by atoms with Crippen molar-refractivity contribution in [3.05, 3.63) is 41.7 Å². The zero-order valence-electron chi connectivity index (χ0n) is 17.1. The Morgan fingerprint density at radius 3 is 2.90 bits per heavy atom. The van der Waals surface area contributed by atoms with E-state index in [1.807, 2.05) is 23.2 Å². The number of para-hydroxylation sites is 1. The van der Waals surface area contributed by atoms with Gasteiger partial charge in [-0.3, -0.25) is 4.79 Å². The van der Waals surface area contributed by atoms with Crippen LogP contribution in [0.2, 0.25) is 0 Å². The van der Waals surface area contributed by atoms with Crippen LogP contribution in [0.25, 0.3) is 22.3 Å². The van der Waals surface area contributed by atoms with E-state index in [1.54, 1.807) is 0 Å². The van der Waals surface area contributed by atoms with Crippen LogP contribution >= 0.6 is 0 Å². The van der Waals surface area contributed by atoms with Crippen LogP contribution in [0.5, 0.6) is 0 Å². The van der Waals surface area contributed by atoms with Gasteiger partial charge in [0.15, 0.2) is 5.82 Å². The van der Waals surface area contributed by atoms with Crippen molar-refractivity contribution in [2.75, 3.05) is 24.7 Å². The second-order valence-corrected chi connectivity index (χ2v) is 8.63. The van der Waals surface area contributed by atoms with Crippen LogP contribution in [0, 0.1) is 5.92 Å². The molecule has 3 aliphatic rings. The lowest BCUT2D eigenvalue weighted by molar-refractivity contribution is -0.133. The largest absolute Gasteiger partial charge is 0.377 e. The van der Waals surface area contributed by atoms with Crippen LogP contribution in [0.15, 0.2) is 30.5 Å². The lowest BCUT2D eigenvalue weighted by atomic mass is 10.1. The number of ether oxygens (including phenoxy) is 1. The number of H-pyrrole nitrogens is 1. The molecule has 2 aliphatic heterocycles. The Labute approximate surface area is 175 Å². The third kappa shape index (κ3) is 2.88. The van der Waals surface area contributed by atoms with Gasteiger partial charge in [-0.1, -0.05) is 18.2 Å². The van der Waals surface area contributed by atoms with Gasteiger partial charge in [0.05, 0.1) is 38.0 Å². The van der Waals surface area contributed by atoms with Crippen molar-refractivity contribution in [1.82, 2.24) is 19.9 Å². The van der Waals surface area contributed by atoms with Gasteiger partial charge in [-0.05, 0) is 25.8 Å². The minimum absolute atomic E-state index is 0.214. The minimum atomic E-state index is 0.214. The predicted octanol–water partition coefficient (Wildman–Crippen LogP) is 3.10. The van der Waals surface area contributed by atoms with E-state index in [1.165, 1.54) is 0 Å². The van der Waals surface area contributed by atoms with Crippen molar-refractivity contribution in [1.29, 1.82) is 0 Å². The summed E-state index contributed by atoms with van der Waals surface area (Å²) in [5.74, 6) is 2.16. The first-order chi connectivity index (χ1) is 14.7. The SMILES string of the molecule is C[C@@H]1COCCN1c1nc(-c2c[nH]c3ccccc23)nc2c1CN(C(=O)C1CC1)C2. The van der Waals surface area contributed by atoms with Gasteiger partial charge >= 0.3 is 0 Å². The van der Waals surface area contributed by atoms with Crippen LogP contribution in [0.4, 0.5) is 5.82 Å². The molecule has 1 aromatic carbocycles. The maximum atomic E-state index is 12.8. The lowest BCUT2D eigenvalue weighted by Crippen LogP contribution is -2.44. The number of fused-ring (bicyclic) bond motifs is 2. The quantitative estimate of drug-likeness (QED) is 0.727. The van der Waals surface area contributed by atoms with Crippen molar-refractivity contribution in [2.45, 2.75) is 38.9 Å². The molecule has 1 saturated carbocycles. The number of carbonyl (C=O) groups excluding carboxylic acids is 1. The first-order valence-electron chi connectivity index (χ1n) is 10.8. The zero-order valence-corrected chi connectivity index (χ0v) is 17.1. The summed E-state index contributed by atoms with van der Waals surface area (Å²) < 4.78 is 5.66. The molecular formula is C23H25N5O2. The second kappa shape index (κ2) is 6.80. The lowest BCUT2D eigenvalue weighted by Gasteiger charge is -2.35. The van der Waals surface area contributed by atoms with Gasteiger partial charge < -0.3 is 19.5 Å². The highest BCUT2D eigenvalue weighted by Crippen LogP contribution is 2.38. The molecule has 1 amide bonds. The molecule has 1 atom stereocenters. The molecular weight excluding hydrogens is 378 g/mol. The molecule has 0 unspecified atom stereocenters. The molecule has 4 heterocycles. The highest BCUT2D eigenvalue weighted by Gasteiger charge is 2.38. The Kier molecular flexibility index (Phi) is 4.06. The van der Waals surface area contributed by atoms with Crippen LogP contribution in [0.1, 0.15) is 31.0 Å². The summed E-state index contributed by atoms with van der Waals surface area (Å²) in [6.07, 6.45) is 4.03. The predicted molar refractivity (Wildman–Crippen MR) is 114 cm³/mol. The Balaban J connectivity index is 1.47. The third-order valence-corrected chi connectivity index (χ3v) is 6.47. The van der Waals surface area contributed by atoms with Crippen LogP contribution < -0.4 is 4.90 Å². The van der Waals surface area contributed by atoms with E-state index in [-0.39, 0.29) is 17.9 Å². The van der Waals surface area contributed by atoms with E-state index < -0.39 is 0 Å². The first-order valence-corrected chi connectivity index (χ1v) is 10.8. The average Bonchev–Trinajstić information content (AvgIpc) is 3.38. The summed E-state index contributed by atoms with van der Waals surface area (Å²) in [6.45, 7) is 5.53. The summed E-state index contributed by atoms with van der Waals surface area (Å²) in [5.41, 5.74) is 4.15. The molecule has 1 aliphatic carbocycles. The highest BCUT2D eigenvalue weighted by atomic mass is 16.5. The number of nitrogens with zero attached hydrogens (tertiary/aromatic N) is 4. The van der Waals surface area contributed by atoms with Crippen molar-refractivity contribution in [2.24, 2.45) is 5.92 Å². The fourth-order valence-electron chi connectivity index (χ4n) is 4.64. The van der Waals surface area contributed by atoms with Crippen LogP contribution in [0.3, 0.4) is 0 Å². The van der Waals surface area contributed by atoms with Crippen LogP contribution in [-0.2, 0) is 22.6 Å². The van der Waals surface area contributed by atoms with E-state index in [9.17, 15) is 4.79 Å². The molecule has 1 saturated heterocycles. The molecule has 30 heavy (non-hydrogen) atoms. The molecule has 6 rings (SSSR count). The van der Waals surface area contributed by atoms with Crippen LogP contribution in [-0.4, -0.2) is 51.6 Å². The third-order valence-electron chi connectivity index (χ3n) is 6.47. The van der Waals surface area contributed by atoms with E-state index in [0.29, 0.717) is 26.3 Å². The first kappa shape index (κ1) is 17.9. The monoisotopic (exact) mass is 403 g/mol. The number of carbonyl (C=O) groups is 1. The Morgan fingerprint density at radius 2 is 2.07 bits per heavy atom. The number of hydrogen-bond acceptors (Lipinski definition) is 5.